The van der Waals surface area contributed by atoms with Crippen LogP contribution >= 0.6 is 11.3 Å². The van der Waals surface area contributed by atoms with Gasteiger partial charge in [-0.3, -0.25) is 10.1 Å². The topological polar surface area (TPSA) is 41.6 Å². The Morgan fingerprint density at radius 3 is 1.89 bits per heavy atom. The molecule has 204 valence electrons. The minimum atomic E-state index is -7.53. The van der Waals surface area contributed by atoms with Crippen LogP contribution < -0.4 is 0 Å². The molecule has 0 aromatic carbocycles. The number of thiophene rings is 1. The predicted molar refractivity (Wildman–Crippen MR) is 99.7 cm³/mol. The fraction of sp³-hybridized carbons (Fsp3) is 0.368. The van der Waals surface area contributed by atoms with E-state index in [1.807, 2.05) is 0 Å². The van der Waals surface area contributed by atoms with Gasteiger partial charge in [-0.15, -0.1) is 11.3 Å². The van der Waals surface area contributed by atoms with Gasteiger partial charge in [-0.2, -0.15) is 66.6 Å². The Kier molecular flexibility index (Phi) is 6.84. The highest BCUT2D eigenvalue weighted by Crippen LogP contribution is 2.58. The van der Waals surface area contributed by atoms with Crippen LogP contribution in [-0.2, 0) is 12.6 Å². The summed E-state index contributed by atoms with van der Waals surface area (Å²) in [7, 11) is 0. The molecule has 3 aromatic rings. The Morgan fingerprint density at radius 2 is 1.35 bits per heavy atom. The number of nitrogens with zero attached hydrogens (tertiary/aromatic N) is 2. The Bertz CT molecular complexity index is 1260. The molecule has 3 nitrogen and oxygen atoms in total. The second kappa shape index (κ2) is 8.83. The molecule has 0 aliphatic rings. The second-order valence-electron chi connectivity index (χ2n) is 7.47. The molecule has 18 heteroatoms. The lowest BCUT2D eigenvalue weighted by Gasteiger charge is -2.37. The van der Waals surface area contributed by atoms with Crippen LogP contribution in [-0.4, -0.2) is 45.0 Å². The molecular formula is C19H9F14N3S. The lowest BCUT2D eigenvalue weighted by atomic mass is 9.93. The maximum absolute atomic E-state index is 14.3. The first-order valence-corrected chi connectivity index (χ1v) is 10.3. The van der Waals surface area contributed by atoms with Crippen LogP contribution in [0.15, 0.2) is 35.8 Å². The zero-order chi connectivity index (χ0) is 28.2. The Morgan fingerprint density at radius 1 is 0.730 bits per heavy atom. The van der Waals surface area contributed by atoms with E-state index in [-0.39, 0.29) is 21.8 Å². The number of hydrogen-bond donors (Lipinski definition) is 1. The third kappa shape index (κ3) is 4.86. The monoisotopic (exact) mass is 577 g/mol. The Labute approximate surface area is 200 Å². The van der Waals surface area contributed by atoms with E-state index in [4.69, 9.17) is 0 Å². The largest absolute Gasteiger partial charge is 0.460 e. The van der Waals surface area contributed by atoms with Gasteiger partial charge in [-0.05, 0) is 40.8 Å². The lowest BCUT2D eigenvalue weighted by Crippen LogP contribution is -2.66. The van der Waals surface area contributed by atoms with Crippen molar-refractivity contribution < 1.29 is 61.5 Å². The molecule has 3 rings (SSSR count). The molecule has 0 spiro atoms. The molecule has 0 saturated carbocycles. The molecule has 0 radical (unpaired) electrons. The van der Waals surface area contributed by atoms with Crippen molar-refractivity contribution in [2.24, 2.45) is 0 Å². The zero-order valence-electron chi connectivity index (χ0n) is 17.3. The lowest BCUT2D eigenvalue weighted by molar-refractivity contribution is -0.421. The molecule has 0 atom stereocenters. The third-order valence-corrected chi connectivity index (χ3v) is 5.94. The molecule has 0 fully saturated rings. The molecule has 0 unspecified atom stereocenters. The van der Waals surface area contributed by atoms with Gasteiger partial charge in [0.1, 0.15) is 11.4 Å². The minimum Gasteiger partial charge on any atom is -0.273 e. The average molecular weight is 577 g/mol. The summed E-state index contributed by atoms with van der Waals surface area (Å²) >= 11 is 0.555. The fourth-order valence-corrected chi connectivity index (χ4v) is 3.92. The van der Waals surface area contributed by atoms with Crippen LogP contribution in [0, 0.1) is 0 Å². The summed E-state index contributed by atoms with van der Waals surface area (Å²) in [5.74, 6) is -28.3. The molecular weight excluding hydrogens is 568 g/mol. The second-order valence-corrected chi connectivity index (χ2v) is 8.39. The van der Waals surface area contributed by atoms with Crippen molar-refractivity contribution in [1.82, 2.24) is 15.2 Å². The first kappa shape index (κ1) is 28.6. The summed E-state index contributed by atoms with van der Waals surface area (Å²) in [5, 5.41) is 6.07. The number of nitrogens with one attached hydrogen (secondary N) is 1. The van der Waals surface area contributed by atoms with E-state index < -0.39 is 53.7 Å². The highest BCUT2D eigenvalue weighted by molar-refractivity contribution is 7.13. The number of pyridine rings is 1. The van der Waals surface area contributed by atoms with Gasteiger partial charge < -0.3 is 0 Å². The highest BCUT2D eigenvalue weighted by atomic mass is 32.1. The van der Waals surface area contributed by atoms with E-state index in [1.54, 1.807) is 5.10 Å². The number of H-pyrrole nitrogens is 1. The van der Waals surface area contributed by atoms with Crippen LogP contribution in [0.1, 0.15) is 11.3 Å². The molecule has 3 aromatic heterocycles. The molecule has 0 aliphatic carbocycles. The average Bonchev–Trinajstić information content (AvgIpc) is 3.42. The van der Waals surface area contributed by atoms with E-state index in [1.165, 1.54) is 0 Å². The molecule has 3 heterocycles. The van der Waals surface area contributed by atoms with Crippen LogP contribution in [0.3, 0.4) is 0 Å². The van der Waals surface area contributed by atoms with Crippen molar-refractivity contribution in [3.8, 4) is 21.8 Å². The van der Waals surface area contributed by atoms with E-state index in [0.29, 0.717) is 23.5 Å². The van der Waals surface area contributed by atoms with Crippen molar-refractivity contribution in [1.29, 1.82) is 0 Å². The highest BCUT2D eigenvalue weighted by Gasteiger charge is 2.86. The number of aromatic amines is 1. The summed E-state index contributed by atoms with van der Waals surface area (Å²) in [6.07, 6.45) is -13.5. The quantitative estimate of drug-likeness (QED) is 0.291. The standard InChI is InChI=1S/C19H9F14N3S/c20-14(21,16(25,26)17(27,28)18(29,30)19(31,32)33)7-9-2-4-37-13(9)8-1-3-34-10(5-8)11-6-12(36-35-11)15(22,23)24/h1-6H,7H2,(H,35,36). The van der Waals surface area contributed by atoms with Gasteiger partial charge in [0.2, 0.25) is 0 Å². The number of aromatic nitrogens is 3. The van der Waals surface area contributed by atoms with Gasteiger partial charge in [-0.25, -0.2) is 0 Å². The zero-order valence-corrected chi connectivity index (χ0v) is 18.1. The molecule has 0 amide bonds. The van der Waals surface area contributed by atoms with Gasteiger partial charge in [-0.1, -0.05) is 0 Å². The number of alkyl halides is 14. The molecule has 1 N–H and O–H groups in total. The smallest absolute Gasteiger partial charge is 0.273 e. The SMILES string of the molecule is FC(F)(F)c1cc(-c2cc(-c3sccc3CC(F)(F)C(F)(F)C(F)(F)C(F)(F)C(F)(F)F)ccn2)n[nH]1. The third-order valence-electron chi connectivity index (χ3n) is 4.93. The van der Waals surface area contributed by atoms with Crippen LogP contribution in [0.25, 0.3) is 21.8 Å². The van der Waals surface area contributed by atoms with Gasteiger partial charge in [0.15, 0.2) is 0 Å². The maximum Gasteiger partial charge on any atom is 0.460 e. The van der Waals surface area contributed by atoms with Crippen molar-refractivity contribution in [2.45, 2.75) is 42.5 Å². The summed E-state index contributed by atoms with van der Waals surface area (Å²) in [5.41, 5.74) is -2.92. The van der Waals surface area contributed by atoms with Crippen molar-refractivity contribution in [2.75, 3.05) is 0 Å². The molecule has 0 aliphatic heterocycles. The summed E-state index contributed by atoms with van der Waals surface area (Å²) in [6, 6.07) is 3.30. The molecule has 0 saturated heterocycles. The van der Waals surface area contributed by atoms with Crippen LogP contribution in [0.2, 0.25) is 0 Å². The number of halogens is 14. The van der Waals surface area contributed by atoms with E-state index >= 15 is 0 Å². The summed E-state index contributed by atoms with van der Waals surface area (Å²) in [4.78, 5) is 3.39. The van der Waals surface area contributed by atoms with Gasteiger partial charge in [0.05, 0.1) is 5.69 Å². The van der Waals surface area contributed by atoms with Gasteiger partial charge in [0.25, 0.3) is 0 Å². The molecule has 37 heavy (non-hydrogen) atoms. The minimum absolute atomic E-state index is 0.155. The van der Waals surface area contributed by atoms with Crippen molar-refractivity contribution in [3.05, 3.63) is 47.1 Å². The van der Waals surface area contributed by atoms with Crippen molar-refractivity contribution in [3.63, 3.8) is 0 Å². The summed E-state index contributed by atoms with van der Waals surface area (Å²) < 4.78 is 185. The number of hydrogen-bond acceptors (Lipinski definition) is 3. The fourth-order valence-electron chi connectivity index (χ4n) is 2.99. The predicted octanol–water partition coefficient (Wildman–Crippen LogP) is 7.87. The maximum atomic E-state index is 14.3. The van der Waals surface area contributed by atoms with Crippen molar-refractivity contribution >= 4 is 11.3 Å². The normalized spacial score (nSPS) is 14.3. The van der Waals surface area contributed by atoms with E-state index in [9.17, 15) is 61.5 Å². The van der Waals surface area contributed by atoms with Crippen LogP contribution in [0.5, 0.6) is 0 Å². The summed E-state index contributed by atoms with van der Waals surface area (Å²) in [6.45, 7) is 0. The first-order valence-electron chi connectivity index (χ1n) is 9.37. The molecule has 0 bridgehead atoms. The number of rotatable bonds is 7. The van der Waals surface area contributed by atoms with E-state index in [0.717, 1.165) is 23.7 Å². The van der Waals surface area contributed by atoms with Gasteiger partial charge in [0, 0.05) is 17.5 Å². The van der Waals surface area contributed by atoms with Crippen LogP contribution in [0.4, 0.5) is 61.5 Å². The first-order chi connectivity index (χ1) is 16.6. The Hall–Kier alpha value is -2.92. The Balaban J connectivity index is 1.96. The van der Waals surface area contributed by atoms with E-state index in [2.05, 4.69) is 10.1 Å². The van der Waals surface area contributed by atoms with Gasteiger partial charge >= 0.3 is 36.0 Å².